The van der Waals surface area contributed by atoms with Crippen LogP contribution in [0.4, 0.5) is 16.2 Å². The monoisotopic (exact) mass is 654 g/mol. The van der Waals surface area contributed by atoms with E-state index in [2.05, 4.69) is 20.7 Å². The third kappa shape index (κ3) is 8.24. The molecule has 0 aliphatic rings. The van der Waals surface area contributed by atoms with E-state index in [1.165, 1.54) is 30.3 Å². The number of benzene rings is 5. The Morgan fingerprint density at radius 2 is 1.49 bits per heavy atom. The van der Waals surface area contributed by atoms with Crippen molar-refractivity contribution in [2.75, 3.05) is 30.3 Å². The average Bonchev–Trinajstić information content (AvgIpc) is 3.07. The molecule has 0 fully saturated rings. The van der Waals surface area contributed by atoms with Gasteiger partial charge in [0.05, 0.1) is 17.1 Å². The van der Waals surface area contributed by atoms with Gasteiger partial charge in [-0.2, -0.15) is 0 Å². The van der Waals surface area contributed by atoms with Crippen molar-refractivity contribution in [1.82, 2.24) is 10.0 Å². The maximum atomic E-state index is 13.3. The molecule has 12 heteroatoms. The second kappa shape index (κ2) is 14.8. The summed E-state index contributed by atoms with van der Waals surface area (Å²) in [4.78, 5) is 26.0. The Morgan fingerprint density at radius 3 is 2.21 bits per heavy atom. The Labute approximate surface area is 272 Å². The van der Waals surface area contributed by atoms with Crippen LogP contribution in [-0.2, 0) is 16.4 Å². The first kappa shape index (κ1) is 32.9. The van der Waals surface area contributed by atoms with Gasteiger partial charge < -0.3 is 30.9 Å². The molecule has 0 spiro atoms. The normalized spacial score (nSPS) is 11.2. The van der Waals surface area contributed by atoms with Crippen molar-refractivity contribution in [3.05, 3.63) is 120 Å². The fourth-order valence-electron chi connectivity index (χ4n) is 4.85. The molecule has 0 unspecified atom stereocenters. The predicted molar refractivity (Wildman–Crippen MR) is 181 cm³/mol. The van der Waals surface area contributed by atoms with Crippen LogP contribution in [-0.4, -0.2) is 50.3 Å². The summed E-state index contributed by atoms with van der Waals surface area (Å²) in [5.74, 6) is -0.149. The highest BCUT2D eigenvalue weighted by Crippen LogP contribution is 2.38. The molecule has 0 saturated heterocycles. The lowest BCUT2D eigenvalue weighted by Crippen LogP contribution is -2.26. The number of rotatable bonds is 12. The molecule has 5 rings (SSSR count). The van der Waals surface area contributed by atoms with Gasteiger partial charge >= 0.3 is 6.03 Å². The number of sulfonamides is 1. The summed E-state index contributed by atoms with van der Waals surface area (Å²) in [6.45, 7) is 1.73. The number of fused-ring (bicyclic) bond motifs is 1. The molecule has 0 radical (unpaired) electrons. The Hall–Kier alpha value is -5.43. The lowest BCUT2D eigenvalue weighted by molar-refractivity contribution is 0.0951. The molecule has 242 valence electrons. The van der Waals surface area contributed by atoms with Crippen molar-refractivity contribution < 1.29 is 33.0 Å². The summed E-state index contributed by atoms with van der Waals surface area (Å²) in [5.41, 5.74) is 3.13. The molecule has 0 aliphatic heterocycles. The molecular weight excluding hydrogens is 620 g/mol. The first-order valence-corrected chi connectivity index (χ1v) is 16.3. The number of carbonyl (C=O) groups is 2. The van der Waals surface area contributed by atoms with Gasteiger partial charge in [-0.05, 0) is 67.4 Å². The van der Waals surface area contributed by atoms with E-state index in [-0.39, 0.29) is 41.7 Å². The maximum Gasteiger partial charge on any atom is 0.323 e. The molecule has 0 aliphatic carbocycles. The Balaban J connectivity index is 1.28. The van der Waals surface area contributed by atoms with Crippen molar-refractivity contribution in [1.29, 1.82) is 0 Å². The Kier molecular flexibility index (Phi) is 10.4. The highest BCUT2D eigenvalue weighted by Gasteiger charge is 2.19. The molecule has 11 nitrogen and oxygen atoms in total. The molecule has 6 N–H and O–H groups in total. The summed E-state index contributed by atoms with van der Waals surface area (Å²) in [5, 5.41) is 29.4. The van der Waals surface area contributed by atoms with Gasteiger partial charge in [-0.15, -0.1) is 0 Å². The van der Waals surface area contributed by atoms with E-state index >= 15 is 0 Å². The quantitative estimate of drug-likeness (QED) is 0.103. The molecule has 47 heavy (non-hydrogen) atoms. The van der Waals surface area contributed by atoms with Crippen LogP contribution in [0.25, 0.3) is 10.8 Å². The highest BCUT2D eigenvalue weighted by atomic mass is 32.2. The summed E-state index contributed by atoms with van der Waals surface area (Å²) >= 11 is 0. The molecule has 0 bridgehead atoms. The minimum atomic E-state index is -3.80. The first-order chi connectivity index (χ1) is 22.6. The SMILES string of the molecule is Cc1ccc(NC(=O)Nc2ccccc2CCNC(=O)c2cc(Oc3ccc(S(=O)(=O)NCCO)cc3)c3ccccc3c2O)cc1. The van der Waals surface area contributed by atoms with Gasteiger partial charge in [0.2, 0.25) is 10.0 Å². The lowest BCUT2D eigenvalue weighted by Gasteiger charge is -2.15. The summed E-state index contributed by atoms with van der Waals surface area (Å²) in [6, 6.07) is 28.3. The molecular formula is C35H34N4O7S. The Bertz CT molecular complexity index is 2000. The number of aromatic hydroxyl groups is 1. The van der Waals surface area contributed by atoms with Crippen LogP contribution in [0.1, 0.15) is 21.5 Å². The number of aliphatic hydroxyl groups excluding tert-OH is 1. The second-order valence-corrected chi connectivity index (χ2v) is 12.4. The summed E-state index contributed by atoms with van der Waals surface area (Å²) in [6.07, 6.45) is 0.396. The summed E-state index contributed by atoms with van der Waals surface area (Å²) in [7, 11) is -3.80. The number of phenolic OH excluding ortho intramolecular Hbond substituents is 1. The van der Waals surface area contributed by atoms with Gasteiger partial charge in [-0.25, -0.2) is 17.9 Å². The van der Waals surface area contributed by atoms with Crippen LogP contribution in [0, 0.1) is 6.92 Å². The van der Waals surface area contributed by atoms with E-state index in [9.17, 15) is 23.1 Å². The number of nitrogens with one attached hydrogen (secondary N) is 4. The zero-order valence-corrected chi connectivity index (χ0v) is 26.3. The van der Waals surface area contributed by atoms with Gasteiger partial charge in [0.1, 0.15) is 17.2 Å². The number of aryl methyl sites for hydroxylation is 1. The predicted octanol–water partition coefficient (Wildman–Crippen LogP) is 5.53. The number of ether oxygens (including phenoxy) is 1. The highest BCUT2D eigenvalue weighted by molar-refractivity contribution is 7.89. The zero-order valence-electron chi connectivity index (χ0n) is 25.5. The largest absolute Gasteiger partial charge is 0.506 e. The number of hydrogen-bond donors (Lipinski definition) is 6. The molecule has 0 atom stereocenters. The second-order valence-electron chi connectivity index (χ2n) is 10.6. The molecule has 0 saturated carbocycles. The number of hydrogen-bond acceptors (Lipinski definition) is 7. The maximum absolute atomic E-state index is 13.3. The van der Waals surface area contributed by atoms with Crippen molar-refractivity contribution in [2.45, 2.75) is 18.2 Å². The van der Waals surface area contributed by atoms with Crippen LogP contribution < -0.4 is 25.4 Å². The number of phenols is 1. The number of aliphatic hydroxyl groups is 1. The number of urea groups is 1. The molecule has 0 heterocycles. The molecule has 5 aromatic rings. The fraction of sp³-hybridized carbons (Fsp3) is 0.143. The van der Waals surface area contributed by atoms with Crippen LogP contribution in [0.3, 0.4) is 0 Å². The lowest BCUT2D eigenvalue weighted by atomic mass is 10.0. The topological polar surface area (TPSA) is 166 Å². The van der Waals surface area contributed by atoms with Crippen molar-refractivity contribution in [3.63, 3.8) is 0 Å². The van der Waals surface area contributed by atoms with Gasteiger partial charge in [-0.1, -0.05) is 60.2 Å². The van der Waals surface area contributed by atoms with E-state index in [1.807, 2.05) is 43.3 Å². The molecule has 5 aromatic carbocycles. The summed E-state index contributed by atoms with van der Waals surface area (Å²) < 4.78 is 33.1. The van der Waals surface area contributed by atoms with Gasteiger partial charge in [0.15, 0.2) is 0 Å². The third-order valence-corrected chi connectivity index (χ3v) is 8.72. The number of anilines is 2. The smallest absolute Gasteiger partial charge is 0.323 e. The van der Waals surface area contributed by atoms with Gasteiger partial charge in [-0.3, -0.25) is 4.79 Å². The molecule has 3 amide bonds. The van der Waals surface area contributed by atoms with Crippen molar-refractivity contribution in [2.24, 2.45) is 0 Å². The van der Waals surface area contributed by atoms with Crippen LogP contribution in [0.2, 0.25) is 0 Å². The van der Waals surface area contributed by atoms with E-state index < -0.39 is 22.0 Å². The molecule has 0 aromatic heterocycles. The van der Waals surface area contributed by atoms with Gasteiger partial charge in [0.25, 0.3) is 5.91 Å². The van der Waals surface area contributed by atoms with Crippen molar-refractivity contribution in [3.8, 4) is 17.2 Å². The average molecular weight is 655 g/mol. The minimum absolute atomic E-state index is 0.00222. The zero-order chi connectivity index (χ0) is 33.4. The van der Waals surface area contributed by atoms with E-state index in [4.69, 9.17) is 9.84 Å². The van der Waals surface area contributed by atoms with Crippen molar-refractivity contribution >= 4 is 44.1 Å². The number of amides is 3. The standard InChI is InChI=1S/C35H34N4O7S/c1-23-10-12-25(13-11-23)38-35(43)39-31-9-5-2-6-24(31)18-19-36-34(42)30-22-32(28-7-3-4-8-29(28)33(30)41)46-26-14-16-27(17-15-26)47(44,45)37-20-21-40/h2-17,22,37,40-41H,18-21H2,1H3,(H,36,42)(H2,38,39,43). The van der Waals surface area contributed by atoms with E-state index in [0.29, 0.717) is 34.3 Å². The van der Waals surface area contributed by atoms with Gasteiger partial charge in [0, 0.05) is 35.2 Å². The van der Waals surface area contributed by atoms with E-state index in [0.717, 1.165) is 11.1 Å². The van der Waals surface area contributed by atoms with E-state index in [1.54, 1.807) is 36.4 Å². The van der Waals surface area contributed by atoms with Crippen LogP contribution >= 0.6 is 0 Å². The fourth-order valence-corrected chi connectivity index (χ4v) is 5.87. The number of carbonyl (C=O) groups excluding carboxylic acids is 2. The van der Waals surface area contributed by atoms with Crippen LogP contribution in [0.5, 0.6) is 17.2 Å². The minimum Gasteiger partial charge on any atom is -0.506 e. The first-order valence-electron chi connectivity index (χ1n) is 14.8. The Morgan fingerprint density at radius 1 is 0.809 bits per heavy atom. The number of para-hydroxylation sites is 1. The van der Waals surface area contributed by atoms with Crippen LogP contribution in [0.15, 0.2) is 108 Å². The third-order valence-electron chi connectivity index (χ3n) is 7.24.